The number of sulfonamides is 1. The molecule has 0 fully saturated rings. The summed E-state index contributed by atoms with van der Waals surface area (Å²) in [5, 5.41) is 9.47. The molecule has 1 aromatic carbocycles. The number of aliphatic hydroxyl groups is 1. The normalized spacial score (nSPS) is 12.6. The van der Waals surface area contributed by atoms with E-state index in [2.05, 4.69) is 20.7 Å². The fraction of sp³-hybridized carbons (Fsp3) is 0.538. The van der Waals surface area contributed by atoms with Gasteiger partial charge in [0.05, 0.1) is 4.90 Å². The van der Waals surface area contributed by atoms with Gasteiger partial charge in [-0.2, -0.15) is 0 Å². The van der Waals surface area contributed by atoms with Crippen molar-refractivity contribution in [2.75, 3.05) is 18.9 Å². The summed E-state index contributed by atoms with van der Waals surface area (Å²) in [6, 6.07) is 4.47. The zero-order chi connectivity index (χ0) is 15.4. The van der Waals surface area contributed by atoms with Gasteiger partial charge in [0.25, 0.3) is 0 Å². The lowest BCUT2D eigenvalue weighted by atomic mass is 9.84. The van der Waals surface area contributed by atoms with Crippen LogP contribution in [-0.4, -0.2) is 26.7 Å². The van der Waals surface area contributed by atoms with Crippen LogP contribution in [0.15, 0.2) is 27.6 Å². The van der Waals surface area contributed by atoms with Gasteiger partial charge in [-0.25, -0.2) is 13.1 Å². The maximum absolute atomic E-state index is 12.2. The molecule has 7 heteroatoms. The molecule has 0 bridgehead atoms. The average Bonchev–Trinajstić information content (AvgIpc) is 2.44. The molecule has 0 amide bonds. The Balaban J connectivity index is 2.92. The lowest BCUT2D eigenvalue weighted by Gasteiger charge is -2.29. The molecule has 0 aliphatic rings. The van der Waals surface area contributed by atoms with E-state index in [1.54, 1.807) is 0 Å². The molecule has 0 atom stereocenters. The van der Waals surface area contributed by atoms with Crippen LogP contribution in [0.1, 0.15) is 26.7 Å². The Morgan fingerprint density at radius 2 is 1.95 bits per heavy atom. The highest BCUT2D eigenvalue weighted by atomic mass is 79.9. The summed E-state index contributed by atoms with van der Waals surface area (Å²) in [6.07, 6.45) is 1.40. The van der Waals surface area contributed by atoms with Gasteiger partial charge in [0.15, 0.2) is 0 Å². The lowest BCUT2D eigenvalue weighted by molar-refractivity contribution is 0.119. The fourth-order valence-electron chi connectivity index (χ4n) is 1.79. The summed E-state index contributed by atoms with van der Waals surface area (Å²) in [5.74, 6) is 0. The van der Waals surface area contributed by atoms with Crippen LogP contribution in [-0.2, 0) is 10.0 Å². The molecule has 5 nitrogen and oxygen atoms in total. The molecule has 0 heterocycles. The third kappa shape index (κ3) is 3.94. The van der Waals surface area contributed by atoms with E-state index in [-0.39, 0.29) is 18.0 Å². The van der Waals surface area contributed by atoms with Crippen LogP contribution in [0.3, 0.4) is 0 Å². The van der Waals surface area contributed by atoms with E-state index in [0.717, 1.165) is 0 Å². The predicted octanol–water partition coefficient (Wildman–Crippen LogP) is 2.11. The molecule has 0 aliphatic carbocycles. The highest BCUT2D eigenvalue weighted by Crippen LogP contribution is 2.26. The molecule has 20 heavy (non-hydrogen) atoms. The Morgan fingerprint density at radius 1 is 1.35 bits per heavy atom. The van der Waals surface area contributed by atoms with Gasteiger partial charge in [0, 0.05) is 28.7 Å². The number of nitrogen functional groups attached to an aromatic ring is 1. The molecule has 4 N–H and O–H groups in total. The summed E-state index contributed by atoms with van der Waals surface area (Å²) < 4.78 is 27.6. The van der Waals surface area contributed by atoms with E-state index in [1.807, 2.05) is 13.8 Å². The van der Waals surface area contributed by atoms with Crippen molar-refractivity contribution in [3.8, 4) is 0 Å². The second kappa shape index (κ2) is 6.89. The Bertz CT molecular complexity index is 548. The Labute approximate surface area is 128 Å². The van der Waals surface area contributed by atoms with E-state index in [0.29, 0.717) is 23.0 Å². The van der Waals surface area contributed by atoms with Crippen molar-refractivity contribution in [3.05, 3.63) is 22.7 Å². The van der Waals surface area contributed by atoms with Crippen molar-refractivity contribution in [2.45, 2.75) is 31.6 Å². The molecule has 1 rings (SSSR count). The molecule has 0 aromatic heterocycles. The molecule has 0 aliphatic heterocycles. The van der Waals surface area contributed by atoms with Gasteiger partial charge in [-0.1, -0.05) is 13.8 Å². The first kappa shape index (κ1) is 17.4. The topological polar surface area (TPSA) is 92.4 Å². The largest absolute Gasteiger partial charge is 0.398 e. The van der Waals surface area contributed by atoms with Gasteiger partial charge in [-0.15, -0.1) is 0 Å². The predicted molar refractivity (Wildman–Crippen MR) is 83.8 cm³/mol. The van der Waals surface area contributed by atoms with Crippen LogP contribution in [0.5, 0.6) is 0 Å². The monoisotopic (exact) mass is 364 g/mol. The molecule has 0 unspecified atom stereocenters. The molecule has 114 valence electrons. The first-order valence-corrected chi connectivity index (χ1v) is 8.73. The quantitative estimate of drug-likeness (QED) is 0.646. The lowest BCUT2D eigenvalue weighted by Crippen LogP contribution is -2.39. The van der Waals surface area contributed by atoms with Gasteiger partial charge in [0.1, 0.15) is 0 Å². The number of hydrogen-bond acceptors (Lipinski definition) is 4. The summed E-state index contributed by atoms with van der Waals surface area (Å²) >= 11 is 3.21. The number of aliphatic hydroxyl groups excluding tert-OH is 1. The van der Waals surface area contributed by atoms with E-state index in [1.165, 1.54) is 18.2 Å². The first-order chi connectivity index (χ1) is 9.30. The van der Waals surface area contributed by atoms with Gasteiger partial charge in [-0.05, 0) is 47.0 Å². The van der Waals surface area contributed by atoms with Gasteiger partial charge in [0.2, 0.25) is 10.0 Å². The summed E-state index contributed by atoms with van der Waals surface area (Å²) in [6.45, 7) is 4.04. The van der Waals surface area contributed by atoms with Crippen LogP contribution in [0.4, 0.5) is 5.69 Å². The third-order valence-corrected chi connectivity index (χ3v) is 5.84. The van der Waals surface area contributed by atoms with Crippen molar-refractivity contribution >= 4 is 31.6 Å². The zero-order valence-electron chi connectivity index (χ0n) is 11.7. The van der Waals surface area contributed by atoms with Crippen LogP contribution < -0.4 is 10.5 Å². The van der Waals surface area contributed by atoms with Crippen LogP contribution in [0.25, 0.3) is 0 Å². The molecule has 0 saturated heterocycles. The minimum atomic E-state index is -3.61. The highest BCUT2D eigenvalue weighted by molar-refractivity contribution is 9.10. The number of benzene rings is 1. The highest BCUT2D eigenvalue weighted by Gasteiger charge is 2.27. The van der Waals surface area contributed by atoms with Crippen LogP contribution >= 0.6 is 15.9 Å². The fourth-order valence-corrected chi connectivity index (χ4v) is 3.50. The van der Waals surface area contributed by atoms with E-state index < -0.39 is 15.4 Å². The average molecular weight is 365 g/mol. The molecular formula is C13H21BrN2O3S. The molecule has 1 aromatic rings. The minimum absolute atomic E-state index is 0.0477. The number of hydrogen-bond donors (Lipinski definition) is 3. The maximum atomic E-state index is 12.2. The Hall–Kier alpha value is -0.630. The van der Waals surface area contributed by atoms with Gasteiger partial charge < -0.3 is 10.8 Å². The molecular weight excluding hydrogens is 344 g/mol. The number of anilines is 1. The maximum Gasteiger partial charge on any atom is 0.240 e. The van der Waals surface area contributed by atoms with Crippen LogP contribution in [0, 0.1) is 5.41 Å². The van der Waals surface area contributed by atoms with Crippen molar-refractivity contribution in [1.82, 2.24) is 4.72 Å². The number of rotatable bonds is 7. The van der Waals surface area contributed by atoms with Gasteiger partial charge >= 0.3 is 0 Å². The second-order valence-electron chi connectivity index (χ2n) is 4.87. The Morgan fingerprint density at radius 3 is 2.40 bits per heavy atom. The van der Waals surface area contributed by atoms with Crippen LogP contribution in [0.2, 0.25) is 0 Å². The molecule has 0 saturated carbocycles. The number of halogens is 1. The Kier molecular flexibility index (Phi) is 6.00. The molecule has 0 radical (unpaired) electrons. The summed E-state index contributed by atoms with van der Waals surface area (Å²) in [7, 11) is -3.61. The van der Waals surface area contributed by atoms with Crippen molar-refractivity contribution in [2.24, 2.45) is 5.41 Å². The third-order valence-electron chi connectivity index (χ3n) is 3.75. The first-order valence-electron chi connectivity index (χ1n) is 6.46. The van der Waals surface area contributed by atoms with E-state index in [4.69, 9.17) is 5.73 Å². The van der Waals surface area contributed by atoms with Crippen molar-refractivity contribution < 1.29 is 13.5 Å². The standard InChI is InChI=1S/C13H21BrN2O3S/c1-3-13(4-2,9-17)8-16-20(18,19)10-5-6-12(15)11(14)7-10/h5-7,16-17H,3-4,8-9,15H2,1-2H3. The number of nitrogens with one attached hydrogen (secondary N) is 1. The second-order valence-corrected chi connectivity index (χ2v) is 7.49. The van der Waals surface area contributed by atoms with Gasteiger partial charge in [-0.3, -0.25) is 0 Å². The number of nitrogens with two attached hydrogens (primary N) is 1. The minimum Gasteiger partial charge on any atom is -0.398 e. The van der Waals surface area contributed by atoms with Crippen molar-refractivity contribution in [3.63, 3.8) is 0 Å². The SMILES string of the molecule is CCC(CC)(CO)CNS(=O)(=O)c1ccc(N)c(Br)c1. The smallest absolute Gasteiger partial charge is 0.240 e. The van der Waals surface area contributed by atoms with E-state index in [9.17, 15) is 13.5 Å². The zero-order valence-corrected chi connectivity index (χ0v) is 14.1. The summed E-state index contributed by atoms with van der Waals surface area (Å²) in [4.78, 5) is 0.151. The summed E-state index contributed by atoms with van der Waals surface area (Å²) in [5.41, 5.74) is 5.71. The van der Waals surface area contributed by atoms with Crippen molar-refractivity contribution in [1.29, 1.82) is 0 Å². The van der Waals surface area contributed by atoms with E-state index >= 15 is 0 Å². The molecule has 0 spiro atoms.